The minimum absolute atomic E-state index is 0.0411. The Labute approximate surface area is 122 Å². The van der Waals surface area contributed by atoms with Crippen molar-refractivity contribution < 1.29 is 4.79 Å². The molecule has 1 N–H and O–H groups in total. The van der Waals surface area contributed by atoms with Gasteiger partial charge in [-0.15, -0.1) is 0 Å². The van der Waals surface area contributed by atoms with Crippen molar-refractivity contribution in [3.8, 4) is 0 Å². The van der Waals surface area contributed by atoms with Gasteiger partial charge < -0.3 is 15.1 Å². The van der Waals surface area contributed by atoms with Gasteiger partial charge in [0.25, 0.3) is 5.91 Å². The zero-order chi connectivity index (χ0) is 15.0. The van der Waals surface area contributed by atoms with Crippen molar-refractivity contribution in [3.63, 3.8) is 0 Å². The average molecular weight is 278 g/mol. The summed E-state index contributed by atoms with van der Waals surface area (Å²) in [7, 11) is 4.12. The van der Waals surface area contributed by atoms with Crippen LogP contribution in [0.3, 0.4) is 0 Å². The van der Waals surface area contributed by atoms with Crippen molar-refractivity contribution in [2.24, 2.45) is 0 Å². The summed E-state index contributed by atoms with van der Waals surface area (Å²) in [6.07, 6.45) is 4.45. The molecule has 0 saturated carbocycles. The van der Waals surface area contributed by atoms with E-state index in [1.807, 2.05) is 19.9 Å². The summed E-state index contributed by atoms with van der Waals surface area (Å²) in [5.41, 5.74) is 1.55. The molecular weight excluding hydrogens is 252 g/mol. The number of anilines is 1. The molecule has 1 aromatic rings. The van der Waals surface area contributed by atoms with Crippen LogP contribution in [-0.4, -0.2) is 61.0 Å². The van der Waals surface area contributed by atoms with Crippen molar-refractivity contribution in [1.82, 2.24) is 14.8 Å². The van der Waals surface area contributed by atoms with Crippen LogP contribution in [0.15, 0.2) is 18.5 Å². The Bertz CT molecular complexity index is 416. The maximum atomic E-state index is 12.2. The van der Waals surface area contributed by atoms with E-state index < -0.39 is 0 Å². The molecule has 20 heavy (non-hydrogen) atoms. The molecule has 0 spiro atoms. The predicted molar refractivity (Wildman–Crippen MR) is 83.1 cm³/mol. The maximum Gasteiger partial charge on any atom is 0.255 e. The smallest absolute Gasteiger partial charge is 0.255 e. The van der Waals surface area contributed by atoms with Crippen LogP contribution in [0, 0.1) is 0 Å². The van der Waals surface area contributed by atoms with Gasteiger partial charge in [0.15, 0.2) is 0 Å². The third-order valence-corrected chi connectivity index (χ3v) is 3.15. The van der Waals surface area contributed by atoms with Crippen LogP contribution in [0.1, 0.15) is 30.6 Å². The van der Waals surface area contributed by atoms with E-state index in [2.05, 4.69) is 29.3 Å². The van der Waals surface area contributed by atoms with E-state index in [1.165, 1.54) is 0 Å². The lowest BCUT2D eigenvalue weighted by Crippen LogP contribution is -2.30. The Morgan fingerprint density at radius 1 is 1.25 bits per heavy atom. The molecule has 0 saturated heterocycles. The summed E-state index contributed by atoms with van der Waals surface area (Å²) in [4.78, 5) is 20.3. The monoisotopic (exact) mass is 278 g/mol. The fourth-order valence-electron chi connectivity index (χ4n) is 1.97. The molecule has 0 bridgehead atoms. The normalized spacial score (nSPS) is 10.7. The molecule has 0 aliphatic heterocycles. The number of hydrogen-bond acceptors (Lipinski definition) is 4. The molecule has 1 rings (SSSR count). The van der Waals surface area contributed by atoms with Crippen LogP contribution in [0.2, 0.25) is 0 Å². The lowest BCUT2D eigenvalue weighted by Gasteiger charge is -2.18. The Balaban J connectivity index is 2.59. The van der Waals surface area contributed by atoms with Crippen LogP contribution in [0.5, 0.6) is 0 Å². The summed E-state index contributed by atoms with van der Waals surface area (Å²) in [6.45, 7) is 7.32. The van der Waals surface area contributed by atoms with Gasteiger partial charge in [0.05, 0.1) is 11.3 Å². The number of carbonyl (C=O) groups excluding carboxylic acids is 1. The highest BCUT2D eigenvalue weighted by atomic mass is 16.2. The summed E-state index contributed by atoms with van der Waals surface area (Å²) >= 11 is 0. The third kappa shape index (κ3) is 5.17. The minimum atomic E-state index is 0.0411. The second-order valence-electron chi connectivity index (χ2n) is 5.02. The zero-order valence-electron chi connectivity index (χ0n) is 13.0. The Morgan fingerprint density at radius 3 is 2.55 bits per heavy atom. The first-order valence-electron chi connectivity index (χ1n) is 7.21. The lowest BCUT2D eigenvalue weighted by atomic mass is 10.2. The van der Waals surface area contributed by atoms with Crippen molar-refractivity contribution in [2.45, 2.75) is 20.3 Å². The second-order valence-corrected chi connectivity index (χ2v) is 5.02. The van der Waals surface area contributed by atoms with Crippen molar-refractivity contribution in [2.75, 3.05) is 45.6 Å². The molecule has 0 aromatic carbocycles. The zero-order valence-corrected chi connectivity index (χ0v) is 13.0. The Hall–Kier alpha value is -1.62. The molecular formula is C15H26N4O. The van der Waals surface area contributed by atoms with Gasteiger partial charge in [-0.1, -0.05) is 0 Å². The summed E-state index contributed by atoms with van der Waals surface area (Å²) in [5, 5.41) is 3.31. The van der Waals surface area contributed by atoms with Gasteiger partial charge in [0.2, 0.25) is 0 Å². The van der Waals surface area contributed by atoms with Crippen molar-refractivity contribution >= 4 is 11.6 Å². The van der Waals surface area contributed by atoms with Crippen molar-refractivity contribution in [3.05, 3.63) is 24.0 Å². The van der Waals surface area contributed by atoms with E-state index in [0.29, 0.717) is 5.56 Å². The third-order valence-electron chi connectivity index (χ3n) is 3.15. The van der Waals surface area contributed by atoms with Gasteiger partial charge in [-0.05, 0) is 47.0 Å². The number of nitrogens with one attached hydrogen (secondary N) is 1. The highest BCUT2D eigenvalue weighted by Gasteiger charge is 2.12. The largest absolute Gasteiger partial charge is 0.384 e. The standard InChI is InChI=1S/C15H26N4O/c1-5-19(6-2)15(20)13-10-14(12-16-11-13)17-8-7-9-18(3)4/h10-12,17H,5-9H2,1-4H3. The van der Waals surface area contributed by atoms with Crippen LogP contribution >= 0.6 is 0 Å². The molecule has 1 amide bonds. The molecule has 0 unspecified atom stereocenters. The number of carbonyl (C=O) groups is 1. The Kier molecular flexibility index (Phi) is 7.01. The number of rotatable bonds is 8. The van der Waals surface area contributed by atoms with Gasteiger partial charge in [-0.3, -0.25) is 9.78 Å². The van der Waals surface area contributed by atoms with E-state index in [1.54, 1.807) is 17.3 Å². The van der Waals surface area contributed by atoms with Gasteiger partial charge in [0, 0.05) is 32.0 Å². The van der Waals surface area contributed by atoms with Gasteiger partial charge in [-0.2, -0.15) is 0 Å². The quantitative estimate of drug-likeness (QED) is 0.738. The first kappa shape index (κ1) is 16.4. The SMILES string of the molecule is CCN(CC)C(=O)c1cncc(NCCCN(C)C)c1. The summed E-state index contributed by atoms with van der Waals surface area (Å²) in [5.74, 6) is 0.0411. The topological polar surface area (TPSA) is 48.5 Å². The molecule has 0 radical (unpaired) electrons. The molecule has 0 aliphatic rings. The Morgan fingerprint density at radius 2 is 1.95 bits per heavy atom. The highest BCUT2D eigenvalue weighted by molar-refractivity contribution is 5.94. The molecule has 1 heterocycles. The first-order valence-corrected chi connectivity index (χ1v) is 7.21. The second kappa shape index (κ2) is 8.53. The van der Waals surface area contributed by atoms with E-state index >= 15 is 0 Å². The fraction of sp³-hybridized carbons (Fsp3) is 0.600. The van der Waals surface area contributed by atoms with Gasteiger partial charge >= 0.3 is 0 Å². The fourth-order valence-corrected chi connectivity index (χ4v) is 1.97. The van der Waals surface area contributed by atoms with Crippen molar-refractivity contribution in [1.29, 1.82) is 0 Å². The van der Waals surface area contributed by atoms with E-state index in [4.69, 9.17) is 0 Å². The summed E-state index contributed by atoms with van der Waals surface area (Å²) in [6, 6.07) is 1.88. The first-order chi connectivity index (χ1) is 9.58. The molecule has 112 valence electrons. The van der Waals surface area contributed by atoms with Crippen LogP contribution < -0.4 is 5.32 Å². The van der Waals surface area contributed by atoms with E-state index in [-0.39, 0.29) is 5.91 Å². The van der Waals surface area contributed by atoms with Gasteiger partial charge in [-0.25, -0.2) is 0 Å². The average Bonchev–Trinajstić information content (AvgIpc) is 2.45. The molecule has 0 aliphatic carbocycles. The number of pyridine rings is 1. The van der Waals surface area contributed by atoms with Gasteiger partial charge in [0.1, 0.15) is 0 Å². The number of hydrogen-bond donors (Lipinski definition) is 1. The molecule has 0 fully saturated rings. The molecule has 5 heteroatoms. The maximum absolute atomic E-state index is 12.2. The number of aromatic nitrogens is 1. The highest BCUT2D eigenvalue weighted by Crippen LogP contribution is 2.11. The van der Waals surface area contributed by atoms with E-state index in [0.717, 1.165) is 38.3 Å². The van der Waals surface area contributed by atoms with Crippen LogP contribution in [0.4, 0.5) is 5.69 Å². The van der Waals surface area contributed by atoms with Crippen LogP contribution in [-0.2, 0) is 0 Å². The van der Waals surface area contributed by atoms with E-state index in [9.17, 15) is 4.79 Å². The number of nitrogens with zero attached hydrogens (tertiary/aromatic N) is 3. The molecule has 1 aromatic heterocycles. The molecule has 5 nitrogen and oxygen atoms in total. The minimum Gasteiger partial charge on any atom is -0.384 e. The number of amides is 1. The predicted octanol–water partition coefficient (Wildman–Crippen LogP) is 1.93. The lowest BCUT2D eigenvalue weighted by molar-refractivity contribution is 0.0772. The molecule has 0 atom stereocenters. The summed E-state index contributed by atoms with van der Waals surface area (Å²) < 4.78 is 0. The van der Waals surface area contributed by atoms with Crippen LogP contribution in [0.25, 0.3) is 0 Å².